The maximum Gasteiger partial charge on any atom is 0.339 e. The first-order chi connectivity index (χ1) is 9.61. The van der Waals surface area contributed by atoms with Crippen LogP contribution in [0.4, 0.5) is 5.69 Å². The first-order valence-corrected chi connectivity index (χ1v) is 6.90. The van der Waals surface area contributed by atoms with Crippen LogP contribution in [-0.2, 0) is 0 Å². The Bertz CT molecular complexity index is 479. The number of hydrogen-bond donors (Lipinski definition) is 2. The summed E-state index contributed by atoms with van der Waals surface area (Å²) in [6.45, 7) is 6.06. The molecule has 0 bridgehead atoms. The second kappa shape index (κ2) is 6.67. The molecule has 2 heterocycles. The molecule has 1 fully saturated rings. The molecule has 0 radical (unpaired) electrons. The molecule has 2 N–H and O–H groups in total. The van der Waals surface area contributed by atoms with Crippen molar-refractivity contribution in [2.75, 3.05) is 44.2 Å². The Morgan fingerprint density at radius 1 is 1.35 bits per heavy atom. The topological polar surface area (TPSA) is 76.9 Å². The average molecular weight is 279 g/mol. The molecular weight excluding hydrogens is 258 g/mol. The Balaban J connectivity index is 2.18. The summed E-state index contributed by atoms with van der Waals surface area (Å²) in [7, 11) is 0. The van der Waals surface area contributed by atoms with Crippen LogP contribution in [0.25, 0.3) is 0 Å². The summed E-state index contributed by atoms with van der Waals surface area (Å²) in [6.07, 6.45) is 2.39. The van der Waals surface area contributed by atoms with Crippen LogP contribution in [0, 0.1) is 6.92 Å². The van der Waals surface area contributed by atoms with Crippen LogP contribution in [0.15, 0.2) is 12.3 Å². The number of aliphatic hydroxyl groups excluding tert-OH is 1. The molecule has 1 aliphatic heterocycles. The largest absolute Gasteiger partial charge is 0.478 e. The highest BCUT2D eigenvalue weighted by Crippen LogP contribution is 2.22. The maximum atomic E-state index is 11.3. The van der Waals surface area contributed by atoms with Gasteiger partial charge in [-0.15, -0.1) is 0 Å². The molecule has 1 aliphatic rings. The summed E-state index contributed by atoms with van der Waals surface area (Å²) in [5, 5.41) is 18.3. The van der Waals surface area contributed by atoms with Crippen molar-refractivity contribution in [3.05, 3.63) is 23.5 Å². The third-order valence-corrected chi connectivity index (χ3v) is 3.59. The Labute approximate surface area is 118 Å². The Hall–Kier alpha value is -1.66. The van der Waals surface area contributed by atoms with E-state index in [0.29, 0.717) is 6.54 Å². The van der Waals surface area contributed by atoms with Gasteiger partial charge in [0.1, 0.15) is 5.56 Å². The average Bonchev–Trinajstić information content (AvgIpc) is 2.64. The number of aromatic nitrogens is 1. The lowest BCUT2D eigenvalue weighted by atomic mass is 10.2. The van der Waals surface area contributed by atoms with E-state index < -0.39 is 5.97 Å². The number of hydrogen-bond acceptors (Lipinski definition) is 5. The fourth-order valence-corrected chi connectivity index (χ4v) is 2.55. The third kappa shape index (κ3) is 3.46. The number of anilines is 1. The van der Waals surface area contributed by atoms with Gasteiger partial charge in [-0.25, -0.2) is 4.79 Å². The normalized spacial score (nSPS) is 17.0. The molecule has 0 amide bonds. The molecule has 0 unspecified atom stereocenters. The second-order valence-corrected chi connectivity index (χ2v) is 5.05. The van der Waals surface area contributed by atoms with Gasteiger partial charge in [-0.3, -0.25) is 9.88 Å². The van der Waals surface area contributed by atoms with Gasteiger partial charge in [0, 0.05) is 38.1 Å². The van der Waals surface area contributed by atoms with Gasteiger partial charge in [0.05, 0.1) is 12.3 Å². The summed E-state index contributed by atoms with van der Waals surface area (Å²) in [5.74, 6) is -0.941. The Morgan fingerprint density at radius 3 is 2.85 bits per heavy atom. The van der Waals surface area contributed by atoms with Crippen molar-refractivity contribution in [1.82, 2.24) is 9.88 Å². The standard InChI is InChI=1S/C14H21N3O3/c1-11-9-13(12(10-15-11)14(19)20)17-4-2-3-16(5-6-17)7-8-18/h9-10,18H,2-8H2,1H3,(H,19,20). The predicted octanol–water partition coefficient (Wildman–Crippen LogP) is 0.593. The fourth-order valence-electron chi connectivity index (χ4n) is 2.55. The summed E-state index contributed by atoms with van der Waals surface area (Å²) >= 11 is 0. The van der Waals surface area contributed by atoms with E-state index in [2.05, 4.69) is 14.8 Å². The van der Waals surface area contributed by atoms with E-state index in [4.69, 9.17) is 5.11 Å². The molecule has 2 rings (SSSR count). The highest BCUT2D eigenvalue weighted by atomic mass is 16.4. The van der Waals surface area contributed by atoms with E-state index in [9.17, 15) is 9.90 Å². The number of carbonyl (C=O) groups is 1. The van der Waals surface area contributed by atoms with E-state index in [0.717, 1.165) is 44.0 Å². The van der Waals surface area contributed by atoms with Gasteiger partial charge in [0.2, 0.25) is 0 Å². The number of rotatable bonds is 4. The lowest BCUT2D eigenvalue weighted by molar-refractivity contribution is 0.0697. The number of aliphatic hydroxyl groups is 1. The van der Waals surface area contributed by atoms with Crippen molar-refractivity contribution < 1.29 is 15.0 Å². The van der Waals surface area contributed by atoms with Crippen LogP contribution in [0.1, 0.15) is 22.5 Å². The van der Waals surface area contributed by atoms with Gasteiger partial charge in [0.25, 0.3) is 0 Å². The lowest BCUT2D eigenvalue weighted by Crippen LogP contribution is -2.33. The molecule has 1 aromatic heterocycles. The highest BCUT2D eigenvalue weighted by Gasteiger charge is 2.20. The molecule has 1 saturated heterocycles. The minimum absolute atomic E-state index is 0.161. The Kier molecular flexibility index (Phi) is 4.92. The number of carboxylic acid groups (broad SMARTS) is 1. The minimum atomic E-state index is -0.941. The summed E-state index contributed by atoms with van der Waals surface area (Å²) in [6, 6.07) is 1.84. The molecular formula is C14H21N3O3. The number of aromatic carboxylic acids is 1. The van der Waals surface area contributed by atoms with E-state index >= 15 is 0 Å². The second-order valence-electron chi connectivity index (χ2n) is 5.05. The molecule has 110 valence electrons. The Morgan fingerprint density at radius 2 is 2.15 bits per heavy atom. The molecule has 0 saturated carbocycles. The number of pyridine rings is 1. The monoisotopic (exact) mass is 279 g/mol. The zero-order valence-corrected chi connectivity index (χ0v) is 11.7. The number of nitrogens with zero attached hydrogens (tertiary/aromatic N) is 3. The molecule has 0 spiro atoms. The molecule has 20 heavy (non-hydrogen) atoms. The molecule has 0 aliphatic carbocycles. The maximum absolute atomic E-state index is 11.3. The zero-order valence-electron chi connectivity index (χ0n) is 11.7. The van der Waals surface area contributed by atoms with E-state index in [1.54, 1.807) is 0 Å². The van der Waals surface area contributed by atoms with Crippen molar-refractivity contribution in [1.29, 1.82) is 0 Å². The van der Waals surface area contributed by atoms with Gasteiger partial charge in [0.15, 0.2) is 0 Å². The third-order valence-electron chi connectivity index (χ3n) is 3.59. The highest BCUT2D eigenvalue weighted by molar-refractivity contribution is 5.94. The SMILES string of the molecule is Cc1cc(N2CCCN(CCO)CC2)c(C(=O)O)cn1. The van der Waals surface area contributed by atoms with E-state index in [-0.39, 0.29) is 12.2 Å². The summed E-state index contributed by atoms with van der Waals surface area (Å²) < 4.78 is 0. The minimum Gasteiger partial charge on any atom is -0.478 e. The number of carboxylic acids is 1. The van der Waals surface area contributed by atoms with Crippen molar-refractivity contribution in [3.8, 4) is 0 Å². The predicted molar refractivity (Wildman–Crippen MR) is 76.3 cm³/mol. The van der Waals surface area contributed by atoms with Crippen molar-refractivity contribution in [2.45, 2.75) is 13.3 Å². The van der Waals surface area contributed by atoms with Crippen LogP contribution in [0.2, 0.25) is 0 Å². The van der Waals surface area contributed by atoms with Crippen LogP contribution in [0.5, 0.6) is 0 Å². The molecule has 0 aromatic carbocycles. The first kappa shape index (κ1) is 14.7. The van der Waals surface area contributed by atoms with Crippen LogP contribution < -0.4 is 4.90 Å². The fraction of sp³-hybridized carbons (Fsp3) is 0.571. The van der Waals surface area contributed by atoms with Gasteiger partial charge in [-0.2, -0.15) is 0 Å². The molecule has 0 atom stereocenters. The van der Waals surface area contributed by atoms with Gasteiger partial charge >= 0.3 is 5.97 Å². The summed E-state index contributed by atoms with van der Waals surface area (Å²) in [4.78, 5) is 19.7. The van der Waals surface area contributed by atoms with Crippen molar-refractivity contribution >= 4 is 11.7 Å². The smallest absolute Gasteiger partial charge is 0.339 e. The van der Waals surface area contributed by atoms with Crippen LogP contribution in [-0.4, -0.2) is 65.4 Å². The van der Waals surface area contributed by atoms with E-state index in [1.807, 2.05) is 13.0 Å². The van der Waals surface area contributed by atoms with Gasteiger partial charge in [-0.05, 0) is 26.0 Å². The summed E-state index contributed by atoms with van der Waals surface area (Å²) in [5.41, 5.74) is 1.82. The quantitative estimate of drug-likeness (QED) is 0.840. The van der Waals surface area contributed by atoms with Crippen molar-refractivity contribution in [3.63, 3.8) is 0 Å². The number of β-amino-alcohol motifs (C(OH)–C–C–N with tert-alkyl or cyclic N) is 1. The first-order valence-electron chi connectivity index (χ1n) is 6.90. The number of aryl methyl sites for hydroxylation is 1. The molecule has 6 heteroatoms. The molecule has 1 aromatic rings. The van der Waals surface area contributed by atoms with E-state index in [1.165, 1.54) is 6.20 Å². The molecule has 6 nitrogen and oxygen atoms in total. The van der Waals surface area contributed by atoms with Gasteiger partial charge < -0.3 is 15.1 Å². The van der Waals surface area contributed by atoms with Gasteiger partial charge in [-0.1, -0.05) is 0 Å². The van der Waals surface area contributed by atoms with Crippen molar-refractivity contribution in [2.24, 2.45) is 0 Å². The van der Waals surface area contributed by atoms with Crippen LogP contribution >= 0.6 is 0 Å². The van der Waals surface area contributed by atoms with Crippen LogP contribution in [0.3, 0.4) is 0 Å². The lowest BCUT2D eigenvalue weighted by Gasteiger charge is -2.25. The zero-order chi connectivity index (χ0) is 14.5.